The van der Waals surface area contributed by atoms with E-state index < -0.39 is 41.3 Å². The van der Waals surface area contributed by atoms with Crippen molar-refractivity contribution in [2.24, 2.45) is 5.18 Å². The molecule has 37 heavy (non-hydrogen) atoms. The molecule has 196 valence electrons. The topological polar surface area (TPSA) is 208 Å². The molecule has 0 radical (unpaired) electrons. The van der Waals surface area contributed by atoms with Crippen LogP contribution in [-0.4, -0.2) is 97.6 Å². The van der Waals surface area contributed by atoms with Gasteiger partial charge < -0.3 is 31.5 Å². The van der Waals surface area contributed by atoms with E-state index >= 15 is 0 Å². The number of likely N-dealkylation sites (tertiary alicyclic amines) is 1. The van der Waals surface area contributed by atoms with Gasteiger partial charge in [0.1, 0.15) is 17.1 Å². The van der Waals surface area contributed by atoms with Crippen molar-refractivity contribution in [3.63, 3.8) is 0 Å². The lowest BCUT2D eigenvalue weighted by molar-refractivity contribution is -0.150. The summed E-state index contributed by atoms with van der Waals surface area (Å²) in [6, 6.07) is -2.90. The third-order valence-corrected chi connectivity index (χ3v) is 8.72. The number of aliphatic hydroxyl groups excluding tert-OH is 1. The average Bonchev–Trinajstić information content (AvgIpc) is 3.58. The highest BCUT2D eigenvalue weighted by Crippen LogP contribution is 2.41. The monoisotopic (exact) mass is 549 g/mol. The molecule has 0 aliphatic carbocycles. The van der Waals surface area contributed by atoms with Crippen LogP contribution in [0.15, 0.2) is 33.5 Å². The zero-order valence-electron chi connectivity index (χ0n) is 19.2. The summed E-state index contributed by atoms with van der Waals surface area (Å²) >= 11 is 2.27. The second-order valence-corrected chi connectivity index (χ2v) is 10.9. The SMILES string of the molecule is Nc1nc(C(N=O)C(=O)NC2C(=O)N3C(C(=O)O)=C(C=C4CCN(C5CNCC5O)C4=O)CSC23)cs1. The van der Waals surface area contributed by atoms with Crippen molar-refractivity contribution in [1.29, 1.82) is 0 Å². The molecule has 5 atom stereocenters. The van der Waals surface area contributed by atoms with Gasteiger partial charge in [0.15, 0.2) is 5.13 Å². The first kappa shape index (κ1) is 25.3. The number of hydrogen-bond donors (Lipinski definition) is 5. The lowest BCUT2D eigenvalue weighted by Gasteiger charge is -2.49. The van der Waals surface area contributed by atoms with Gasteiger partial charge in [0.25, 0.3) is 11.8 Å². The Morgan fingerprint density at radius 3 is 2.76 bits per heavy atom. The summed E-state index contributed by atoms with van der Waals surface area (Å²) in [7, 11) is 0. The number of nitroso groups, excluding NO2 is 1. The minimum atomic E-state index is -1.50. The number of aromatic nitrogens is 1. The smallest absolute Gasteiger partial charge is 0.352 e. The van der Waals surface area contributed by atoms with Crippen molar-refractivity contribution in [3.05, 3.63) is 38.9 Å². The normalized spacial score (nSPS) is 29.4. The van der Waals surface area contributed by atoms with Crippen molar-refractivity contribution in [3.8, 4) is 0 Å². The Morgan fingerprint density at radius 1 is 1.35 bits per heavy atom. The van der Waals surface area contributed by atoms with Gasteiger partial charge in [-0.15, -0.1) is 28.0 Å². The number of nitrogens with one attached hydrogen (secondary N) is 2. The van der Waals surface area contributed by atoms with Gasteiger partial charge in [0, 0.05) is 36.3 Å². The molecule has 3 saturated heterocycles. The van der Waals surface area contributed by atoms with E-state index in [0.717, 1.165) is 16.2 Å². The third kappa shape index (κ3) is 4.39. The molecular weight excluding hydrogens is 526 g/mol. The van der Waals surface area contributed by atoms with Gasteiger partial charge in [-0.05, 0) is 23.2 Å². The summed E-state index contributed by atoms with van der Waals surface area (Å²) in [5.74, 6) is -2.91. The Hall–Kier alpha value is -3.34. The Balaban J connectivity index is 1.33. The Morgan fingerprint density at radius 2 is 2.14 bits per heavy atom. The largest absolute Gasteiger partial charge is 0.477 e. The molecule has 1 aromatic rings. The molecule has 6 N–H and O–H groups in total. The number of anilines is 1. The molecule has 1 aromatic heterocycles. The molecule has 0 aromatic carbocycles. The molecule has 3 fully saturated rings. The minimum absolute atomic E-state index is 0.0612. The van der Waals surface area contributed by atoms with Gasteiger partial charge in [0.2, 0.25) is 11.9 Å². The number of carbonyl (C=O) groups is 4. The molecule has 5 rings (SSSR count). The first-order valence-corrected chi connectivity index (χ1v) is 13.3. The number of hydrogen-bond acceptors (Lipinski definition) is 12. The predicted octanol–water partition coefficient (Wildman–Crippen LogP) is -1.24. The van der Waals surface area contributed by atoms with Gasteiger partial charge in [-0.1, -0.05) is 0 Å². The molecular formula is C21H23N7O7S2. The van der Waals surface area contributed by atoms with Crippen LogP contribution in [0, 0.1) is 4.91 Å². The van der Waals surface area contributed by atoms with Crippen LogP contribution >= 0.6 is 23.1 Å². The van der Waals surface area contributed by atoms with E-state index in [0.29, 0.717) is 37.2 Å². The molecule has 4 aliphatic heterocycles. The van der Waals surface area contributed by atoms with E-state index in [2.05, 4.69) is 20.8 Å². The quantitative estimate of drug-likeness (QED) is 0.154. The first-order valence-electron chi connectivity index (χ1n) is 11.4. The number of amides is 3. The summed E-state index contributed by atoms with van der Waals surface area (Å²) in [6.45, 7) is 1.29. The van der Waals surface area contributed by atoms with Crippen LogP contribution in [-0.2, 0) is 19.2 Å². The number of aliphatic carboxylic acids is 1. The van der Waals surface area contributed by atoms with Gasteiger partial charge in [-0.3, -0.25) is 19.3 Å². The highest BCUT2D eigenvalue weighted by atomic mass is 32.2. The fraction of sp³-hybridized carbons (Fsp3) is 0.476. The molecule has 4 aliphatic rings. The molecule has 5 unspecified atom stereocenters. The number of thiazole rings is 1. The zero-order chi connectivity index (χ0) is 26.4. The van der Waals surface area contributed by atoms with Crippen molar-refractivity contribution in [1.82, 2.24) is 25.4 Å². The fourth-order valence-electron chi connectivity index (χ4n) is 4.91. The Labute approximate surface area is 217 Å². The van der Waals surface area contributed by atoms with E-state index in [1.165, 1.54) is 23.2 Å². The van der Waals surface area contributed by atoms with Gasteiger partial charge in [-0.25, -0.2) is 9.78 Å². The second kappa shape index (κ2) is 9.85. The maximum Gasteiger partial charge on any atom is 0.352 e. The number of carboxylic acids is 1. The number of fused-ring (bicyclic) bond motifs is 1. The number of nitrogens with two attached hydrogens (primary N) is 1. The number of rotatable bonds is 7. The third-order valence-electron chi connectivity index (χ3n) is 6.73. The minimum Gasteiger partial charge on any atom is -0.477 e. The summed E-state index contributed by atoms with van der Waals surface area (Å²) in [5.41, 5.74) is 6.08. The summed E-state index contributed by atoms with van der Waals surface area (Å²) < 4.78 is 0. The highest BCUT2D eigenvalue weighted by molar-refractivity contribution is 8.00. The van der Waals surface area contributed by atoms with Crippen molar-refractivity contribution in [2.75, 3.05) is 31.1 Å². The maximum absolute atomic E-state index is 13.0. The lowest BCUT2D eigenvalue weighted by atomic mass is 10.0. The number of carbonyl (C=O) groups excluding carboxylic acids is 3. The van der Waals surface area contributed by atoms with Crippen LogP contribution in [0.3, 0.4) is 0 Å². The van der Waals surface area contributed by atoms with Crippen LogP contribution in [0.25, 0.3) is 0 Å². The van der Waals surface area contributed by atoms with Gasteiger partial charge in [0.05, 0.1) is 17.8 Å². The molecule has 14 nitrogen and oxygen atoms in total. The van der Waals surface area contributed by atoms with Crippen LogP contribution in [0.2, 0.25) is 0 Å². The summed E-state index contributed by atoms with van der Waals surface area (Å²) in [6.07, 6.45) is 1.23. The van der Waals surface area contributed by atoms with Crippen LogP contribution < -0.4 is 16.4 Å². The lowest BCUT2D eigenvalue weighted by Crippen LogP contribution is -2.70. The molecule has 0 bridgehead atoms. The number of β-amino-alcohol motifs (C(OH)–C–C–N with tert-alkyl or cyclic N) is 1. The number of nitrogen functional groups attached to an aromatic ring is 1. The highest BCUT2D eigenvalue weighted by Gasteiger charge is 2.54. The average molecular weight is 550 g/mol. The van der Waals surface area contributed by atoms with Crippen LogP contribution in [0.5, 0.6) is 0 Å². The fourth-order valence-corrected chi connectivity index (χ4v) is 6.80. The summed E-state index contributed by atoms with van der Waals surface area (Å²) in [5, 5.41) is 29.2. The molecule has 16 heteroatoms. The van der Waals surface area contributed by atoms with E-state index in [-0.39, 0.29) is 34.2 Å². The standard InChI is InChI=1S/C21H23N7O7S2/c22-21-24-10(7-37-21)13(26-35)16(30)25-14-18(32)28-15(20(33)34)9(6-36-19(14)28)3-8-1-2-27(17(8)31)11-4-23-5-12(11)29/h3,7,11-14,19,23,29H,1-2,4-6H2,(H2,22,24)(H,25,30)(H,33,34). The van der Waals surface area contributed by atoms with Gasteiger partial charge in [-0.2, -0.15) is 0 Å². The number of nitrogens with zero attached hydrogens (tertiary/aromatic N) is 4. The van der Waals surface area contributed by atoms with Crippen LogP contribution in [0.4, 0.5) is 5.13 Å². The maximum atomic E-state index is 13.0. The molecule has 3 amide bonds. The van der Waals surface area contributed by atoms with Crippen molar-refractivity contribution in [2.45, 2.75) is 36.0 Å². The van der Waals surface area contributed by atoms with Gasteiger partial charge >= 0.3 is 5.97 Å². The second-order valence-electron chi connectivity index (χ2n) is 8.90. The van der Waals surface area contributed by atoms with E-state index in [9.17, 15) is 34.3 Å². The zero-order valence-corrected chi connectivity index (χ0v) is 20.8. The van der Waals surface area contributed by atoms with E-state index in [4.69, 9.17) is 5.73 Å². The molecule has 0 spiro atoms. The molecule has 5 heterocycles. The van der Waals surface area contributed by atoms with Crippen molar-refractivity contribution < 1.29 is 29.4 Å². The van der Waals surface area contributed by atoms with E-state index in [1.807, 2.05) is 0 Å². The number of carboxylic acid groups (broad SMARTS) is 1. The first-order chi connectivity index (χ1) is 17.7. The predicted molar refractivity (Wildman–Crippen MR) is 132 cm³/mol. The van der Waals surface area contributed by atoms with Crippen molar-refractivity contribution >= 4 is 51.9 Å². The van der Waals surface area contributed by atoms with E-state index in [1.54, 1.807) is 4.90 Å². The Kier molecular flexibility index (Phi) is 6.74. The number of aliphatic hydroxyl groups is 1. The van der Waals surface area contributed by atoms with Crippen LogP contribution in [0.1, 0.15) is 18.2 Å². The number of allylic oxidation sites excluding steroid dienone is 1. The summed E-state index contributed by atoms with van der Waals surface area (Å²) in [4.78, 5) is 68.5. The number of β-lactam (4-membered cyclic amide) rings is 1. The number of thioether (sulfide) groups is 1. The Bertz CT molecular complexity index is 1250. The molecule has 0 saturated carbocycles.